The number of ether oxygens (including phenoxy) is 2. The van der Waals surface area contributed by atoms with Crippen LogP contribution in [-0.2, 0) is 0 Å². The molecule has 1 aliphatic rings. The van der Waals surface area contributed by atoms with Crippen LogP contribution < -0.4 is 14.8 Å². The SMILES string of the molecule is CNCC(=O)c1cc(Br)cc2c1OCO2. The molecule has 0 aromatic heterocycles. The molecule has 15 heavy (non-hydrogen) atoms. The largest absolute Gasteiger partial charge is 0.454 e. The van der Waals surface area contributed by atoms with Gasteiger partial charge in [0.1, 0.15) is 0 Å². The monoisotopic (exact) mass is 271 g/mol. The van der Waals surface area contributed by atoms with E-state index in [4.69, 9.17) is 9.47 Å². The second kappa shape index (κ2) is 4.20. The van der Waals surface area contributed by atoms with Gasteiger partial charge in [-0.05, 0) is 19.2 Å². The zero-order valence-corrected chi connectivity index (χ0v) is 9.76. The number of hydrogen-bond acceptors (Lipinski definition) is 4. The molecule has 0 amide bonds. The third-order valence-electron chi connectivity index (χ3n) is 2.08. The lowest BCUT2D eigenvalue weighted by Gasteiger charge is -2.05. The van der Waals surface area contributed by atoms with Crippen molar-refractivity contribution in [3.05, 3.63) is 22.2 Å². The van der Waals surface area contributed by atoms with E-state index < -0.39 is 0 Å². The molecular weight excluding hydrogens is 262 g/mol. The summed E-state index contributed by atoms with van der Waals surface area (Å²) in [5, 5.41) is 2.82. The number of Topliss-reactive ketones (excluding diaryl/α,β-unsaturated/α-hetero) is 1. The second-order valence-electron chi connectivity index (χ2n) is 3.14. The maximum atomic E-state index is 11.7. The molecule has 0 fully saturated rings. The van der Waals surface area contributed by atoms with Crippen LogP contribution in [0, 0.1) is 0 Å². The summed E-state index contributed by atoms with van der Waals surface area (Å²) < 4.78 is 11.3. The molecule has 1 aromatic rings. The average Bonchev–Trinajstić information content (AvgIpc) is 2.64. The second-order valence-corrected chi connectivity index (χ2v) is 4.06. The molecule has 0 unspecified atom stereocenters. The summed E-state index contributed by atoms with van der Waals surface area (Å²) >= 11 is 3.33. The third-order valence-corrected chi connectivity index (χ3v) is 2.53. The fraction of sp³-hybridized carbons (Fsp3) is 0.300. The maximum Gasteiger partial charge on any atom is 0.231 e. The van der Waals surface area contributed by atoms with Crippen molar-refractivity contribution in [3.8, 4) is 11.5 Å². The summed E-state index contributed by atoms with van der Waals surface area (Å²) in [5.74, 6) is 1.14. The first-order valence-electron chi connectivity index (χ1n) is 4.49. The molecule has 0 atom stereocenters. The van der Waals surface area contributed by atoms with E-state index in [1.165, 1.54) is 0 Å². The van der Waals surface area contributed by atoms with Crippen LogP contribution in [0.25, 0.3) is 0 Å². The minimum Gasteiger partial charge on any atom is -0.454 e. The number of ketones is 1. The van der Waals surface area contributed by atoms with Crippen molar-refractivity contribution in [3.63, 3.8) is 0 Å². The van der Waals surface area contributed by atoms with Gasteiger partial charge in [0, 0.05) is 4.47 Å². The Hall–Kier alpha value is -1.07. The normalized spacial score (nSPS) is 12.9. The van der Waals surface area contributed by atoms with Gasteiger partial charge in [-0.15, -0.1) is 0 Å². The van der Waals surface area contributed by atoms with Crippen molar-refractivity contribution in [2.75, 3.05) is 20.4 Å². The standard InChI is InChI=1S/C10H10BrNO3/c1-12-4-8(13)7-2-6(11)3-9-10(7)15-5-14-9/h2-3,12H,4-5H2,1H3. The summed E-state index contributed by atoms with van der Waals surface area (Å²) in [5.41, 5.74) is 0.547. The van der Waals surface area contributed by atoms with Crippen molar-refractivity contribution in [2.24, 2.45) is 0 Å². The van der Waals surface area contributed by atoms with Crippen LogP contribution in [0.1, 0.15) is 10.4 Å². The van der Waals surface area contributed by atoms with Crippen molar-refractivity contribution in [2.45, 2.75) is 0 Å². The highest BCUT2D eigenvalue weighted by molar-refractivity contribution is 9.10. The topological polar surface area (TPSA) is 47.6 Å². The summed E-state index contributed by atoms with van der Waals surface area (Å²) in [4.78, 5) is 11.7. The number of hydrogen-bond donors (Lipinski definition) is 1. The smallest absolute Gasteiger partial charge is 0.231 e. The first-order chi connectivity index (χ1) is 7.22. The molecule has 1 heterocycles. The lowest BCUT2D eigenvalue weighted by Crippen LogP contribution is -2.18. The number of rotatable bonds is 3. The van der Waals surface area contributed by atoms with Gasteiger partial charge in [0.25, 0.3) is 0 Å². The molecule has 80 valence electrons. The summed E-state index contributed by atoms with van der Waals surface area (Å²) in [6, 6.07) is 3.53. The van der Waals surface area contributed by atoms with E-state index in [2.05, 4.69) is 21.2 Å². The first kappa shape index (κ1) is 10.4. The van der Waals surface area contributed by atoms with E-state index in [1.807, 2.05) is 0 Å². The Balaban J connectivity index is 2.42. The molecule has 1 aromatic carbocycles. The number of carbonyl (C=O) groups excluding carboxylic acids is 1. The van der Waals surface area contributed by atoms with E-state index >= 15 is 0 Å². The van der Waals surface area contributed by atoms with Crippen LogP contribution >= 0.6 is 15.9 Å². The number of halogens is 1. The Labute approximate surface area is 95.7 Å². The highest BCUT2D eigenvalue weighted by Crippen LogP contribution is 2.38. The molecule has 0 radical (unpaired) electrons. The number of fused-ring (bicyclic) bond motifs is 1. The highest BCUT2D eigenvalue weighted by Gasteiger charge is 2.22. The van der Waals surface area contributed by atoms with Crippen LogP contribution in [0.15, 0.2) is 16.6 Å². The molecule has 5 heteroatoms. The van der Waals surface area contributed by atoms with Gasteiger partial charge >= 0.3 is 0 Å². The molecule has 0 spiro atoms. The van der Waals surface area contributed by atoms with Crippen LogP contribution in [0.5, 0.6) is 11.5 Å². The van der Waals surface area contributed by atoms with Gasteiger partial charge in [0.2, 0.25) is 6.79 Å². The number of benzene rings is 1. The molecule has 0 aliphatic carbocycles. The summed E-state index contributed by atoms with van der Waals surface area (Å²) in [6.07, 6.45) is 0. The van der Waals surface area contributed by atoms with E-state index in [9.17, 15) is 4.79 Å². The van der Waals surface area contributed by atoms with Crippen LogP contribution in [-0.4, -0.2) is 26.2 Å². The number of nitrogens with one attached hydrogen (secondary N) is 1. The van der Waals surface area contributed by atoms with Crippen molar-refractivity contribution in [1.29, 1.82) is 0 Å². The third kappa shape index (κ3) is 1.98. The van der Waals surface area contributed by atoms with E-state index in [1.54, 1.807) is 19.2 Å². The fourth-order valence-corrected chi connectivity index (χ4v) is 1.88. The molecular formula is C10H10BrNO3. The molecule has 4 nitrogen and oxygen atoms in total. The lowest BCUT2D eigenvalue weighted by molar-refractivity contribution is 0.0989. The van der Waals surface area contributed by atoms with Crippen molar-refractivity contribution < 1.29 is 14.3 Å². The van der Waals surface area contributed by atoms with Crippen LogP contribution in [0.3, 0.4) is 0 Å². The van der Waals surface area contributed by atoms with Gasteiger partial charge in [-0.2, -0.15) is 0 Å². The fourth-order valence-electron chi connectivity index (χ4n) is 1.44. The predicted molar refractivity (Wildman–Crippen MR) is 58.5 cm³/mol. The Bertz CT molecular complexity index is 406. The first-order valence-corrected chi connectivity index (χ1v) is 5.28. The maximum absolute atomic E-state index is 11.7. The molecule has 2 rings (SSSR count). The molecule has 0 bridgehead atoms. The molecule has 0 saturated carbocycles. The average molecular weight is 272 g/mol. The van der Waals surface area contributed by atoms with E-state index in [0.717, 1.165) is 4.47 Å². The summed E-state index contributed by atoms with van der Waals surface area (Å²) in [6.45, 7) is 0.456. The number of carbonyl (C=O) groups is 1. The van der Waals surface area contributed by atoms with Crippen LogP contribution in [0.4, 0.5) is 0 Å². The molecule has 1 N–H and O–H groups in total. The van der Waals surface area contributed by atoms with Crippen LogP contribution in [0.2, 0.25) is 0 Å². The van der Waals surface area contributed by atoms with Gasteiger partial charge in [0.15, 0.2) is 17.3 Å². The minimum atomic E-state index is -0.0134. The van der Waals surface area contributed by atoms with Gasteiger partial charge in [-0.1, -0.05) is 15.9 Å². The predicted octanol–water partition coefficient (Wildman–Crippen LogP) is 1.58. The van der Waals surface area contributed by atoms with Gasteiger partial charge in [-0.25, -0.2) is 0 Å². The zero-order valence-electron chi connectivity index (χ0n) is 8.17. The highest BCUT2D eigenvalue weighted by atomic mass is 79.9. The van der Waals surface area contributed by atoms with Crippen molar-refractivity contribution >= 4 is 21.7 Å². The Morgan fingerprint density at radius 3 is 3.07 bits per heavy atom. The molecule has 0 saturated heterocycles. The minimum absolute atomic E-state index is 0.0134. The number of likely N-dealkylation sites (N-methyl/N-ethyl adjacent to an activating group) is 1. The lowest BCUT2D eigenvalue weighted by atomic mass is 10.1. The Morgan fingerprint density at radius 1 is 1.53 bits per heavy atom. The summed E-state index contributed by atoms with van der Waals surface area (Å²) in [7, 11) is 1.73. The van der Waals surface area contributed by atoms with E-state index in [-0.39, 0.29) is 19.1 Å². The van der Waals surface area contributed by atoms with Gasteiger partial charge < -0.3 is 14.8 Å². The Kier molecular flexibility index (Phi) is 2.93. The zero-order chi connectivity index (χ0) is 10.8. The Morgan fingerprint density at radius 2 is 2.33 bits per heavy atom. The van der Waals surface area contributed by atoms with Crippen molar-refractivity contribution in [1.82, 2.24) is 5.32 Å². The molecule has 1 aliphatic heterocycles. The van der Waals surface area contributed by atoms with Gasteiger partial charge in [-0.3, -0.25) is 4.79 Å². The van der Waals surface area contributed by atoms with Gasteiger partial charge in [0.05, 0.1) is 12.1 Å². The van der Waals surface area contributed by atoms with E-state index in [0.29, 0.717) is 17.1 Å². The quantitative estimate of drug-likeness (QED) is 0.849.